The standard InChI is InChI=1S/C23H25N3O3/c1-25(2)23(27)19-7-9-22(24-14-19)26-10-11-29-21(15-26)18-5-4-17-13-20(28-3)8-6-16(17)12-18/h4-9,12-14,21H,10-11,15H2,1-3H3/t21-/m0/s1. The minimum Gasteiger partial charge on any atom is -0.497 e. The zero-order chi connectivity index (χ0) is 20.4. The number of nitrogens with zero attached hydrogens (tertiary/aromatic N) is 3. The van der Waals surface area contributed by atoms with Gasteiger partial charge in [-0.3, -0.25) is 4.79 Å². The molecule has 29 heavy (non-hydrogen) atoms. The van der Waals surface area contributed by atoms with Crippen molar-refractivity contribution in [3.8, 4) is 5.75 Å². The number of hydrogen-bond donors (Lipinski definition) is 0. The maximum Gasteiger partial charge on any atom is 0.254 e. The van der Waals surface area contributed by atoms with E-state index in [2.05, 4.69) is 34.1 Å². The highest BCUT2D eigenvalue weighted by Crippen LogP contribution is 2.29. The van der Waals surface area contributed by atoms with Crippen LogP contribution < -0.4 is 9.64 Å². The smallest absolute Gasteiger partial charge is 0.254 e. The molecule has 6 nitrogen and oxygen atoms in total. The van der Waals surface area contributed by atoms with Gasteiger partial charge in [0.15, 0.2) is 0 Å². The third-order valence-electron chi connectivity index (χ3n) is 5.23. The molecule has 0 saturated carbocycles. The molecule has 0 unspecified atom stereocenters. The Balaban J connectivity index is 1.52. The minimum absolute atomic E-state index is 0.0277. The van der Waals surface area contributed by atoms with E-state index in [4.69, 9.17) is 9.47 Å². The summed E-state index contributed by atoms with van der Waals surface area (Å²) in [5, 5.41) is 2.30. The van der Waals surface area contributed by atoms with Gasteiger partial charge >= 0.3 is 0 Å². The number of anilines is 1. The van der Waals surface area contributed by atoms with Gasteiger partial charge in [0.2, 0.25) is 0 Å². The van der Waals surface area contributed by atoms with Crippen LogP contribution in [0.2, 0.25) is 0 Å². The number of carbonyl (C=O) groups excluding carboxylic acids is 1. The molecule has 4 rings (SSSR count). The molecule has 0 spiro atoms. The average Bonchev–Trinajstić information content (AvgIpc) is 2.78. The van der Waals surface area contributed by atoms with Crippen molar-refractivity contribution < 1.29 is 14.3 Å². The lowest BCUT2D eigenvalue weighted by molar-refractivity contribution is 0.0396. The number of rotatable bonds is 4. The zero-order valence-corrected chi connectivity index (χ0v) is 17.0. The van der Waals surface area contributed by atoms with Crippen LogP contribution in [0.3, 0.4) is 0 Å². The molecule has 1 saturated heterocycles. The van der Waals surface area contributed by atoms with Crippen molar-refractivity contribution in [3.63, 3.8) is 0 Å². The lowest BCUT2D eigenvalue weighted by atomic mass is 10.0. The van der Waals surface area contributed by atoms with Crippen molar-refractivity contribution in [1.29, 1.82) is 0 Å². The summed E-state index contributed by atoms with van der Waals surface area (Å²) in [6.07, 6.45) is 1.62. The summed E-state index contributed by atoms with van der Waals surface area (Å²) in [6, 6.07) is 16.2. The number of fused-ring (bicyclic) bond motifs is 1. The van der Waals surface area contributed by atoms with Crippen molar-refractivity contribution in [2.24, 2.45) is 0 Å². The lowest BCUT2D eigenvalue weighted by Crippen LogP contribution is -2.38. The maximum absolute atomic E-state index is 12.1. The third kappa shape index (κ3) is 4.03. The molecule has 3 aromatic rings. The van der Waals surface area contributed by atoms with E-state index in [-0.39, 0.29) is 12.0 Å². The number of pyridine rings is 1. The molecule has 1 aliphatic rings. The van der Waals surface area contributed by atoms with Crippen molar-refractivity contribution in [2.75, 3.05) is 45.8 Å². The van der Waals surface area contributed by atoms with E-state index in [1.807, 2.05) is 24.3 Å². The predicted octanol–water partition coefficient (Wildman–Crippen LogP) is 3.52. The van der Waals surface area contributed by atoms with E-state index >= 15 is 0 Å². The quantitative estimate of drug-likeness (QED) is 0.681. The monoisotopic (exact) mass is 391 g/mol. The molecular formula is C23H25N3O3. The predicted molar refractivity (Wildman–Crippen MR) is 114 cm³/mol. The highest BCUT2D eigenvalue weighted by molar-refractivity contribution is 5.93. The van der Waals surface area contributed by atoms with Gasteiger partial charge in [-0.1, -0.05) is 18.2 Å². The van der Waals surface area contributed by atoms with Gasteiger partial charge in [0.25, 0.3) is 5.91 Å². The second-order valence-electron chi connectivity index (χ2n) is 7.38. The van der Waals surface area contributed by atoms with Crippen LogP contribution in [0.5, 0.6) is 5.75 Å². The van der Waals surface area contributed by atoms with E-state index in [0.717, 1.165) is 41.0 Å². The lowest BCUT2D eigenvalue weighted by Gasteiger charge is -2.34. The van der Waals surface area contributed by atoms with Gasteiger partial charge in [0, 0.05) is 33.4 Å². The number of morpholine rings is 1. The third-order valence-corrected chi connectivity index (χ3v) is 5.23. The first-order valence-corrected chi connectivity index (χ1v) is 9.67. The maximum atomic E-state index is 12.1. The first-order chi connectivity index (χ1) is 14.0. The molecule has 1 aromatic heterocycles. The fourth-order valence-electron chi connectivity index (χ4n) is 3.59. The van der Waals surface area contributed by atoms with E-state index in [1.165, 1.54) is 0 Å². The summed E-state index contributed by atoms with van der Waals surface area (Å²) in [6.45, 7) is 2.12. The molecule has 0 radical (unpaired) electrons. The Labute approximate surface area is 170 Å². The van der Waals surface area contributed by atoms with Crippen LogP contribution >= 0.6 is 0 Å². The van der Waals surface area contributed by atoms with Crippen LogP contribution in [0, 0.1) is 0 Å². The van der Waals surface area contributed by atoms with E-state index in [9.17, 15) is 4.79 Å². The second kappa shape index (κ2) is 8.09. The average molecular weight is 391 g/mol. The first kappa shape index (κ1) is 19.2. The molecule has 0 aliphatic carbocycles. The number of methoxy groups -OCH3 is 1. The second-order valence-corrected chi connectivity index (χ2v) is 7.38. The molecule has 0 bridgehead atoms. The number of amides is 1. The summed E-state index contributed by atoms with van der Waals surface area (Å²) in [5.41, 5.74) is 1.74. The Morgan fingerprint density at radius 3 is 2.66 bits per heavy atom. The SMILES string of the molecule is COc1ccc2cc([C@@H]3CN(c4ccc(C(=O)N(C)C)cn4)CCO3)ccc2c1. The topological polar surface area (TPSA) is 54.9 Å². The highest BCUT2D eigenvalue weighted by Gasteiger charge is 2.23. The summed E-state index contributed by atoms with van der Waals surface area (Å²) in [7, 11) is 5.15. The van der Waals surface area contributed by atoms with Crippen molar-refractivity contribution in [1.82, 2.24) is 9.88 Å². The molecule has 6 heteroatoms. The van der Waals surface area contributed by atoms with Gasteiger partial charge < -0.3 is 19.3 Å². The van der Waals surface area contributed by atoms with Crippen LogP contribution in [0.4, 0.5) is 5.82 Å². The summed E-state index contributed by atoms with van der Waals surface area (Å²) in [5.74, 6) is 1.67. The fraction of sp³-hybridized carbons (Fsp3) is 0.304. The first-order valence-electron chi connectivity index (χ1n) is 9.67. The number of aromatic nitrogens is 1. The van der Waals surface area contributed by atoms with Gasteiger partial charge in [-0.2, -0.15) is 0 Å². The minimum atomic E-state index is -0.0447. The summed E-state index contributed by atoms with van der Waals surface area (Å²) < 4.78 is 11.4. The van der Waals surface area contributed by atoms with Gasteiger partial charge in [-0.25, -0.2) is 4.98 Å². The highest BCUT2D eigenvalue weighted by atomic mass is 16.5. The molecule has 1 amide bonds. The summed E-state index contributed by atoms with van der Waals surface area (Å²) >= 11 is 0. The summed E-state index contributed by atoms with van der Waals surface area (Å²) in [4.78, 5) is 20.3. The van der Waals surface area contributed by atoms with Gasteiger partial charge in [0.1, 0.15) is 17.7 Å². The largest absolute Gasteiger partial charge is 0.497 e. The fourth-order valence-corrected chi connectivity index (χ4v) is 3.59. The normalized spacial score (nSPS) is 16.7. The Morgan fingerprint density at radius 2 is 1.93 bits per heavy atom. The Bertz CT molecular complexity index is 1020. The molecule has 2 heterocycles. The van der Waals surface area contributed by atoms with Crippen LogP contribution in [0.1, 0.15) is 22.0 Å². The Morgan fingerprint density at radius 1 is 1.14 bits per heavy atom. The van der Waals surface area contributed by atoms with Crippen molar-refractivity contribution in [3.05, 3.63) is 65.9 Å². The van der Waals surface area contributed by atoms with Crippen molar-refractivity contribution in [2.45, 2.75) is 6.10 Å². The number of benzene rings is 2. The Hall–Kier alpha value is -3.12. The Kier molecular flexibility index (Phi) is 5.36. The van der Waals surface area contributed by atoms with Gasteiger partial charge in [0.05, 0.1) is 19.3 Å². The molecule has 2 aromatic carbocycles. The molecule has 1 fully saturated rings. The van der Waals surface area contributed by atoms with E-state index in [0.29, 0.717) is 12.2 Å². The molecular weight excluding hydrogens is 366 g/mol. The zero-order valence-electron chi connectivity index (χ0n) is 17.0. The van der Waals surface area contributed by atoms with Crippen LogP contribution in [-0.4, -0.2) is 56.7 Å². The van der Waals surface area contributed by atoms with Gasteiger partial charge in [-0.05, 0) is 46.7 Å². The van der Waals surface area contributed by atoms with Gasteiger partial charge in [-0.15, -0.1) is 0 Å². The number of hydrogen-bond acceptors (Lipinski definition) is 5. The van der Waals surface area contributed by atoms with E-state index < -0.39 is 0 Å². The molecule has 150 valence electrons. The van der Waals surface area contributed by atoms with Crippen LogP contribution in [-0.2, 0) is 4.74 Å². The molecule has 1 aliphatic heterocycles. The number of ether oxygens (including phenoxy) is 2. The van der Waals surface area contributed by atoms with Crippen molar-refractivity contribution >= 4 is 22.5 Å². The molecule has 1 atom stereocenters. The van der Waals surface area contributed by atoms with E-state index in [1.54, 1.807) is 32.3 Å². The number of carbonyl (C=O) groups is 1. The van der Waals surface area contributed by atoms with Crippen LogP contribution in [0.15, 0.2) is 54.7 Å². The molecule has 0 N–H and O–H groups in total. The van der Waals surface area contributed by atoms with Crippen LogP contribution in [0.25, 0.3) is 10.8 Å².